The molecule has 0 saturated heterocycles. The molecule has 34 heavy (non-hydrogen) atoms. The number of halogens is 2. The summed E-state index contributed by atoms with van der Waals surface area (Å²) in [5, 5.41) is 8.57. The van der Waals surface area contributed by atoms with E-state index in [0.717, 1.165) is 49.6 Å². The maximum atomic E-state index is 14.8. The molecule has 3 rings (SSSR count). The highest BCUT2D eigenvalue weighted by atomic mass is 19.2. The van der Waals surface area contributed by atoms with Crippen molar-refractivity contribution in [2.45, 2.75) is 117 Å². The second kappa shape index (κ2) is 14.5. The molecular formula is C30H44F2N2. The van der Waals surface area contributed by atoms with E-state index in [9.17, 15) is 8.78 Å². The van der Waals surface area contributed by atoms with Gasteiger partial charge in [-0.05, 0) is 61.3 Å². The number of aryl methyl sites for hydroxylation is 2. The monoisotopic (exact) mass is 470 g/mol. The zero-order chi connectivity index (χ0) is 24.2. The van der Waals surface area contributed by atoms with Crippen LogP contribution in [0.25, 0.3) is 11.3 Å². The van der Waals surface area contributed by atoms with Gasteiger partial charge in [-0.25, -0.2) is 8.78 Å². The van der Waals surface area contributed by atoms with E-state index in [1.807, 2.05) is 6.07 Å². The van der Waals surface area contributed by atoms with E-state index in [4.69, 9.17) is 0 Å². The zero-order valence-electron chi connectivity index (χ0n) is 21.4. The predicted octanol–water partition coefficient (Wildman–Crippen LogP) is 9.25. The number of unbranched alkanes of at least 4 members (excludes halogenated alkanes) is 6. The maximum Gasteiger partial charge on any atom is 0.168 e. The molecule has 0 atom stereocenters. The van der Waals surface area contributed by atoms with E-state index < -0.39 is 11.6 Å². The summed E-state index contributed by atoms with van der Waals surface area (Å²) in [6.07, 6.45) is 19.0. The first-order valence-electron chi connectivity index (χ1n) is 13.9. The molecule has 0 amide bonds. The van der Waals surface area contributed by atoms with Gasteiger partial charge < -0.3 is 0 Å². The molecule has 0 aliphatic heterocycles. The van der Waals surface area contributed by atoms with Gasteiger partial charge in [0.25, 0.3) is 0 Å². The quantitative estimate of drug-likeness (QED) is 0.257. The Hall–Kier alpha value is -1.84. The molecule has 1 aromatic heterocycles. The highest BCUT2D eigenvalue weighted by Gasteiger charge is 2.21. The van der Waals surface area contributed by atoms with Gasteiger partial charge in [0.15, 0.2) is 11.6 Å². The second-order valence-corrected chi connectivity index (χ2v) is 10.4. The van der Waals surface area contributed by atoms with Crippen LogP contribution in [0.2, 0.25) is 0 Å². The third-order valence-electron chi connectivity index (χ3n) is 7.70. The zero-order valence-corrected chi connectivity index (χ0v) is 21.4. The first-order chi connectivity index (χ1) is 16.6. The minimum atomic E-state index is -0.802. The Morgan fingerprint density at radius 3 is 2.03 bits per heavy atom. The fraction of sp³-hybridized carbons (Fsp3) is 0.667. The van der Waals surface area contributed by atoms with Crippen LogP contribution in [0.5, 0.6) is 0 Å². The Morgan fingerprint density at radius 2 is 1.35 bits per heavy atom. The summed E-state index contributed by atoms with van der Waals surface area (Å²) in [7, 11) is 0. The third kappa shape index (κ3) is 8.13. The van der Waals surface area contributed by atoms with E-state index in [1.165, 1.54) is 64.2 Å². The first kappa shape index (κ1) is 26.8. The van der Waals surface area contributed by atoms with Crippen molar-refractivity contribution in [3.8, 4) is 11.3 Å². The lowest BCUT2D eigenvalue weighted by atomic mass is 9.78. The van der Waals surface area contributed by atoms with Crippen LogP contribution in [0.4, 0.5) is 8.78 Å². The van der Waals surface area contributed by atoms with Crippen molar-refractivity contribution < 1.29 is 8.78 Å². The van der Waals surface area contributed by atoms with Gasteiger partial charge in [0.2, 0.25) is 0 Å². The Labute approximate surface area is 206 Å². The summed E-state index contributed by atoms with van der Waals surface area (Å²) < 4.78 is 29.4. The molecule has 1 aliphatic rings. The van der Waals surface area contributed by atoms with Crippen molar-refractivity contribution in [3.63, 3.8) is 0 Å². The van der Waals surface area contributed by atoms with Crippen LogP contribution in [-0.2, 0) is 12.8 Å². The second-order valence-electron chi connectivity index (χ2n) is 10.4. The van der Waals surface area contributed by atoms with E-state index in [1.54, 1.807) is 18.2 Å². The van der Waals surface area contributed by atoms with Crippen LogP contribution in [-0.4, -0.2) is 10.2 Å². The van der Waals surface area contributed by atoms with Gasteiger partial charge >= 0.3 is 0 Å². The van der Waals surface area contributed by atoms with Crippen LogP contribution in [0.15, 0.2) is 24.3 Å². The molecule has 0 unspecified atom stereocenters. The molecule has 1 aromatic carbocycles. The van der Waals surface area contributed by atoms with Crippen molar-refractivity contribution >= 4 is 0 Å². The van der Waals surface area contributed by atoms with Crippen LogP contribution in [0.1, 0.15) is 115 Å². The Bertz CT molecular complexity index is 842. The fourth-order valence-corrected chi connectivity index (χ4v) is 5.38. The molecule has 0 radical (unpaired) electrons. The molecule has 4 heteroatoms. The predicted molar refractivity (Wildman–Crippen MR) is 138 cm³/mol. The average Bonchev–Trinajstić information content (AvgIpc) is 2.86. The molecule has 1 fully saturated rings. The van der Waals surface area contributed by atoms with Gasteiger partial charge in [-0.1, -0.05) is 97.0 Å². The van der Waals surface area contributed by atoms with Crippen molar-refractivity contribution in [3.05, 3.63) is 47.2 Å². The molecular weight excluding hydrogens is 426 g/mol. The number of hydrogen-bond donors (Lipinski definition) is 0. The van der Waals surface area contributed by atoms with E-state index in [-0.39, 0.29) is 5.56 Å². The molecule has 2 aromatic rings. The molecule has 1 saturated carbocycles. The minimum Gasteiger partial charge on any atom is -0.203 e. The lowest BCUT2D eigenvalue weighted by Crippen LogP contribution is -2.15. The van der Waals surface area contributed by atoms with Crippen LogP contribution < -0.4 is 0 Å². The lowest BCUT2D eigenvalue weighted by Gasteiger charge is -2.28. The highest BCUT2D eigenvalue weighted by molar-refractivity contribution is 5.60. The van der Waals surface area contributed by atoms with Crippen molar-refractivity contribution in [1.82, 2.24) is 10.2 Å². The van der Waals surface area contributed by atoms with Crippen molar-refractivity contribution in [1.29, 1.82) is 0 Å². The number of rotatable bonds is 14. The SMILES string of the molecule is CCCCCCCc1ccc(-c2ccc(CCC3CCC(CCCCC)CC3)nn2)c(F)c1F. The van der Waals surface area contributed by atoms with Gasteiger partial charge in [0, 0.05) is 5.56 Å². The average molecular weight is 471 g/mol. The molecule has 2 nitrogen and oxygen atoms in total. The molecule has 0 N–H and O–H groups in total. The number of nitrogens with zero attached hydrogens (tertiary/aromatic N) is 2. The van der Waals surface area contributed by atoms with Crippen LogP contribution in [0.3, 0.4) is 0 Å². The highest BCUT2D eigenvalue weighted by Crippen LogP contribution is 2.34. The molecule has 1 aliphatic carbocycles. The molecule has 0 bridgehead atoms. The minimum absolute atomic E-state index is 0.202. The van der Waals surface area contributed by atoms with E-state index in [2.05, 4.69) is 24.0 Å². The van der Waals surface area contributed by atoms with Crippen LogP contribution >= 0.6 is 0 Å². The first-order valence-corrected chi connectivity index (χ1v) is 13.9. The maximum absolute atomic E-state index is 14.8. The largest absolute Gasteiger partial charge is 0.203 e. The van der Waals surface area contributed by atoms with Gasteiger partial charge in [-0.15, -0.1) is 0 Å². The van der Waals surface area contributed by atoms with Gasteiger partial charge in [-0.2, -0.15) is 10.2 Å². The summed E-state index contributed by atoms with van der Waals surface area (Å²) in [6.45, 7) is 4.44. The summed E-state index contributed by atoms with van der Waals surface area (Å²) >= 11 is 0. The summed E-state index contributed by atoms with van der Waals surface area (Å²) in [5.74, 6) is 0.183. The lowest BCUT2D eigenvalue weighted by molar-refractivity contribution is 0.248. The van der Waals surface area contributed by atoms with E-state index in [0.29, 0.717) is 17.7 Å². The summed E-state index contributed by atoms with van der Waals surface area (Å²) in [5.41, 5.74) is 2.01. The van der Waals surface area contributed by atoms with E-state index >= 15 is 0 Å². The smallest absolute Gasteiger partial charge is 0.168 e. The summed E-state index contributed by atoms with van der Waals surface area (Å²) in [4.78, 5) is 0. The molecule has 0 spiro atoms. The number of benzene rings is 1. The summed E-state index contributed by atoms with van der Waals surface area (Å²) in [6, 6.07) is 7.08. The number of hydrogen-bond acceptors (Lipinski definition) is 2. The fourth-order valence-electron chi connectivity index (χ4n) is 5.38. The van der Waals surface area contributed by atoms with Crippen molar-refractivity contribution in [2.75, 3.05) is 0 Å². The Kier molecular flexibility index (Phi) is 11.4. The van der Waals surface area contributed by atoms with Gasteiger partial charge in [0.1, 0.15) is 0 Å². The van der Waals surface area contributed by atoms with Gasteiger partial charge in [0.05, 0.1) is 11.4 Å². The molecule has 188 valence electrons. The molecule has 1 heterocycles. The topological polar surface area (TPSA) is 25.8 Å². The van der Waals surface area contributed by atoms with Gasteiger partial charge in [-0.3, -0.25) is 0 Å². The van der Waals surface area contributed by atoms with Crippen molar-refractivity contribution in [2.24, 2.45) is 11.8 Å². The van der Waals surface area contributed by atoms with Crippen LogP contribution in [0, 0.1) is 23.5 Å². The number of aromatic nitrogens is 2. The standard InChI is InChI=1S/C30H44F2N2/c1-3-5-7-8-10-12-25-18-21-27(30(32)29(25)31)28-22-20-26(33-34-28)19-17-24-15-13-23(14-16-24)11-9-6-4-2/h18,20-24H,3-17,19H2,1-2H3. The normalized spacial score (nSPS) is 18.4. The Balaban J connectivity index is 1.47. The third-order valence-corrected chi connectivity index (χ3v) is 7.70. The Morgan fingerprint density at radius 1 is 0.676 bits per heavy atom.